The van der Waals surface area contributed by atoms with Gasteiger partial charge >= 0.3 is 0 Å². The predicted octanol–water partition coefficient (Wildman–Crippen LogP) is 12.8. The largest absolute Gasteiger partial charge is 0.292 e. The minimum absolute atomic E-state index is 0.256. The molecule has 2 nitrogen and oxygen atoms in total. The number of aryl methyl sites for hydroxylation is 2. The van der Waals surface area contributed by atoms with E-state index in [2.05, 4.69) is 127 Å². The first-order valence-corrected chi connectivity index (χ1v) is 15.6. The third kappa shape index (κ3) is 9.32. The Hall–Kier alpha value is -3.39. The summed E-state index contributed by atoms with van der Waals surface area (Å²) >= 11 is 0. The first kappa shape index (κ1) is 37.6. The van der Waals surface area contributed by atoms with Crippen molar-refractivity contribution in [3.8, 4) is 11.3 Å². The summed E-state index contributed by atoms with van der Waals surface area (Å²) < 4.78 is 2.36. The molecule has 5 aromatic rings. The van der Waals surface area contributed by atoms with Crippen LogP contribution in [-0.4, -0.2) is 9.38 Å². The fourth-order valence-corrected chi connectivity index (χ4v) is 4.81. The Morgan fingerprint density at radius 3 is 1.73 bits per heavy atom. The van der Waals surface area contributed by atoms with Gasteiger partial charge in [0.15, 0.2) is 0 Å². The van der Waals surface area contributed by atoms with Crippen molar-refractivity contribution in [3.63, 3.8) is 0 Å². The summed E-state index contributed by atoms with van der Waals surface area (Å²) in [5.74, 6) is 0. The summed E-state index contributed by atoms with van der Waals surface area (Å²) in [5, 5.41) is 3.77. The fraction of sp³-hybridized carbons (Fsp3) is 0.410. The van der Waals surface area contributed by atoms with Gasteiger partial charge in [0.05, 0.1) is 17.4 Å². The molecule has 0 aliphatic rings. The van der Waals surface area contributed by atoms with Gasteiger partial charge in [-0.1, -0.05) is 131 Å². The smallest absolute Gasteiger partial charge is 0.145 e. The molecule has 3 aromatic carbocycles. The molecule has 0 aliphatic heterocycles. The monoisotopic (exact) mass is 554 g/mol. The van der Waals surface area contributed by atoms with Gasteiger partial charge in [-0.05, 0) is 59.9 Å². The van der Waals surface area contributed by atoms with Gasteiger partial charge in [0.1, 0.15) is 5.65 Å². The van der Waals surface area contributed by atoms with E-state index in [1.807, 2.05) is 47.7 Å². The van der Waals surface area contributed by atoms with Crippen molar-refractivity contribution in [2.24, 2.45) is 5.41 Å². The average Bonchev–Trinajstić information content (AvgIpc) is 3.42. The Morgan fingerprint density at radius 1 is 0.707 bits per heavy atom. The van der Waals surface area contributed by atoms with Crippen LogP contribution in [0.1, 0.15) is 99.3 Å². The Balaban J connectivity index is 0.00000130. The molecule has 0 amide bonds. The highest BCUT2D eigenvalue weighted by atomic mass is 15.0. The van der Waals surface area contributed by atoms with Crippen molar-refractivity contribution in [1.82, 2.24) is 9.38 Å². The number of nitrogens with zero attached hydrogens (tertiary/aromatic N) is 2. The molecule has 224 valence electrons. The highest BCUT2D eigenvalue weighted by Gasteiger charge is 2.18. The minimum Gasteiger partial charge on any atom is -0.292 e. The van der Waals surface area contributed by atoms with E-state index in [0.717, 1.165) is 12.1 Å². The molecular weight excluding hydrogens is 496 g/mol. The van der Waals surface area contributed by atoms with Gasteiger partial charge in [-0.15, -0.1) is 13.2 Å². The maximum Gasteiger partial charge on any atom is 0.145 e. The van der Waals surface area contributed by atoms with Crippen LogP contribution in [-0.2, 0) is 6.42 Å². The number of benzene rings is 3. The van der Waals surface area contributed by atoms with E-state index in [9.17, 15) is 0 Å². The summed E-state index contributed by atoms with van der Waals surface area (Å²) in [7, 11) is 0. The lowest BCUT2D eigenvalue weighted by molar-refractivity contribution is 0.411. The van der Waals surface area contributed by atoms with Crippen LogP contribution in [0.5, 0.6) is 0 Å². The minimum atomic E-state index is 0.256. The lowest BCUT2D eigenvalue weighted by atomic mass is 9.87. The molecule has 0 fully saturated rings. The zero-order chi connectivity index (χ0) is 31.8. The SMILES string of the molecule is C=C.CC.CC.CC.CCC.Cc1cccc(C)c1-c1cnc2c3ccccc3c3cc(CC(C)(C)C)ccc3n12. The van der Waals surface area contributed by atoms with Gasteiger partial charge in [0.25, 0.3) is 0 Å². The van der Waals surface area contributed by atoms with Crippen molar-refractivity contribution in [1.29, 1.82) is 0 Å². The molecule has 0 aliphatic carbocycles. The average molecular weight is 555 g/mol. The molecule has 2 heterocycles. The van der Waals surface area contributed by atoms with Crippen LogP contribution < -0.4 is 0 Å². The maximum absolute atomic E-state index is 4.90. The third-order valence-corrected chi connectivity index (χ3v) is 5.99. The first-order chi connectivity index (χ1) is 19.7. The quantitative estimate of drug-likeness (QED) is 0.157. The molecule has 0 spiro atoms. The standard InChI is InChI=1S/C28H28N2.C3H8.3C2H6.C2H4/c1-18-9-8-10-19(2)26(18)25-17-29-27-22-12-7-6-11-21(22)23-15-20(16-28(3,4)5)13-14-24(23)30(25)27;1-3-2;4*1-2/h6-15,17H,16H2,1-5H3;3H2,1-2H3;3*1-2H3;1-2H2. The number of imidazole rings is 1. The number of hydrogen-bond acceptors (Lipinski definition) is 1. The van der Waals surface area contributed by atoms with Gasteiger partial charge in [-0.2, -0.15) is 0 Å². The molecule has 2 heteroatoms. The summed E-state index contributed by atoms with van der Waals surface area (Å²) in [6.07, 6.45) is 4.35. The topological polar surface area (TPSA) is 17.3 Å². The van der Waals surface area contributed by atoms with Gasteiger partial charge < -0.3 is 0 Å². The van der Waals surface area contributed by atoms with Crippen LogP contribution in [0, 0.1) is 19.3 Å². The van der Waals surface area contributed by atoms with E-state index in [0.29, 0.717) is 0 Å². The van der Waals surface area contributed by atoms with Crippen molar-refractivity contribution >= 4 is 27.3 Å². The van der Waals surface area contributed by atoms with E-state index in [1.165, 1.54) is 56.0 Å². The summed E-state index contributed by atoms with van der Waals surface area (Å²) in [6, 6.07) is 22.1. The first-order valence-electron chi connectivity index (χ1n) is 15.6. The number of pyridine rings is 1. The number of aromatic nitrogens is 2. The maximum atomic E-state index is 4.90. The van der Waals surface area contributed by atoms with E-state index in [4.69, 9.17) is 4.98 Å². The van der Waals surface area contributed by atoms with Crippen LogP contribution in [0.15, 0.2) is 80.0 Å². The van der Waals surface area contributed by atoms with E-state index >= 15 is 0 Å². The molecule has 0 saturated carbocycles. The van der Waals surface area contributed by atoms with Gasteiger partial charge in [-0.3, -0.25) is 4.40 Å². The highest BCUT2D eigenvalue weighted by molar-refractivity contribution is 6.12. The Morgan fingerprint density at radius 2 is 1.22 bits per heavy atom. The molecule has 0 atom stereocenters. The number of hydrogen-bond donors (Lipinski definition) is 0. The Labute approximate surface area is 252 Å². The van der Waals surface area contributed by atoms with Gasteiger partial charge in [0.2, 0.25) is 0 Å². The zero-order valence-corrected chi connectivity index (χ0v) is 28.6. The number of fused-ring (bicyclic) bond motifs is 6. The molecule has 2 aromatic heterocycles. The second-order valence-corrected chi connectivity index (χ2v) is 10.4. The predicted molar refractivity (Wildman–Crippen MR) is 190 cm³/mol. The molecule has 5 rings (SSSR count). The van der Waals surface area contributed by atoms with Crippen LogP contribution >= 0.6 is 0 Å². The molecule has 0 radical (unpaired) electrons. The summed E-state index contributed by atoms with van der Waals surface area (Å²) in [5.41, 5.74) is 8.89. The lowest BCUT2D eigenvalue weighted by Gasteiger charge is -2.19. The summed E-state index contributed by atoms with van der Waals surface area (Å²) in [4.78, 5) is 4.90. The van der Waals surface area contributed by atoms with E-state index in [1.54, 1.807) is 0 Å². The van der Waals surface area contributed by atoms with Crippen LogP contribution in [0.4, 0.5) is 0 Å². The van der Waals surface area contributed by atoms with Crippen LogP contribution in [0.3, 0.4) is 0 Å². The molecule has 41 heavy (non-hydrogen) atoms. The zero-order valence-electron chi connectivity index (χ0n) is 28.6. The second kappa shape index (κ2) is 18.9. The van der Waals surface area contributed by atoms with Crippen molar-refractivity contribution in [3.05, 3.63) is 96.7 Å². The van der Waals surface area contributed by atoms with Gasteiger partial charge in [-0.25, -0.2) is 4.98 Å². The Bertz CT molecular complexity index is 1430. The molecule has 0 saturated heterocycles. The van der Waals surface area contributed by atoms with Crippen molar-refractivity contribution in [2.45, 2.75) is 103 Å². The normalized spacial score (nSPS) is 9.98. The number of rotatable bonds is 2. The van der Waals surface area contributed by atoms with Crippen molar-refractivity contribution < 1.29 is 0 Å². The molecular formula is C39H58N2. The van der Waals surface area contributed by atoms with Crippen LogP contribution in [0.25, 0.3) is 38.6 Å². The van der Waals surface area contributed by atoms with Crippen molar-refractivity contribution in [2.75, 3.05) is 0 Å². The second-order valence-electron chi connectivity index (χ2n) is 10.4. The Kier molecular flexibility index (Phi) is 17.3. The molecule has 0 bridgehead atoms. The fourth-order valence-electron chi connectivity index (χ4n) is 4.81. The van der Waals surface area contributed by atoms with E-state index < -0.39 is 0 Å². The highest BCUT2D eigenvalue weighted by Crippen LogP contribution is 2.36. The van der Waals surface area contributed by atoms with Gasteiger partial charge in [0, 0.05) is 16.3 Å². The van der Waals surface area contributed by atoms with Crippen LogP contribution in [0.2, 0.25) is 0 Å². The lowest BCUT2D eigenvalue weighted by Crippen LogP contribution is -2.09. The summed E-state index contributed by atoms with van der Waals surface area (Å²) in [6.45, 7) is 33.5. The molecule has 0 unspecified atom stereocenters. The third-order valence-electron chi connectivity index (χ3n) is 5.99. The van der Waals surface area contributed by atoms with E-state index in [-0.39, 0.29) is 5.41 Å². The molecule has 0 N–H and O–H groups in total.